The molecule has 0 aromatic rings. The minimum atomic E-state index is 0.317. The van der Waals surface area contributed by atoms with Crippen molar-refractivity contribution in [2.24, 2.45) is 5.92 Å². The molecule has 2 atom stereocenters. The molecule has 0 aromatic heterocycles. The molecular formula is C7H15NO. The standard InChI is InChI=1S/C7H15NO/c1-6(5-9)7-3-2-4-8-7/h6-9H,2-5H2,1H3/t6-,7?/m1/s1. The van der Waals surface area contributed by atoms with Gasteiger partial charge >= 0.3 is 0 Å². The third kappa shape index (κ3) is 1.66. The number of hydrogen-bond donors (Lipinski definition) is 2. The molecule has 2 N–H and O–H groups in total. The van der Waals surface area contributed by atoms with E-state index in [4.69, 9.17) is 5.11 Å². The Labute approximate surface area is 56.3 Å². The highest BCUT2D eigenvalue weighted by Crippen LogP contribution is 2.13. The van der Waals surface area contributed by atoms with Crippen LogP contribution in [0.15, 0.2) is 0 Å². The molecule has 1 aliphatic rings. The van der Waals surface area contributed by atoms with Crippen LogP contribution in [-0.4, -0.2) is 24.3 Å². The average molecular weight is 129 g/mol. The van der Waals surface area contributed by atoms with Gasteiger partial charge in [-0.05, 0) is 25.3 Å². The molecule has 1 heterocycles. The number of aliphatic hydroxyl groups is 1. The summed E-state index contributed by atoms with van der Waals surface area (Å²) in [6.45, 7) is 3.54. The first kappa shape index (κ1) is 7.03. The van der Waals surface area contributed by atoms with Crippen molar-refractivity contribution in [1.29, 1.82) is 0 Å². The minimum Gasteiger partial charge on any atom is -0.396 e. The maximum atomic E-state index is 8.76. The van der Waals surface area contributed by atoms with Gasteiger partial charge < -0.3 is 10.4 Å². The van der Waals surface area contributed by atoms with Gasteiger partial charge in [0.25, 0.3) is 0 Å². The number of aliphatic hydroxyl groups excluding tert-OH is 1. The van der Waals surface area contributed by atoms with Crippen molar-refractivity contribution in [3.63, 3.8) is 0 Å². The second kappa shape index (κ2) is 3.18. The van der Waals surface area contributed by atoms with Crippen molar-refractivity contribution in [2.45, 2.75) is 25.8 Å². The summed E-state index contributed by atoms with van der Waals surface area (Å²) in [5, 5.41) is 12.1. The van der Waals surface area contributed by atoms with Gasteiger partial charge in [-0.2, -0.15) is 0 Å². The molecule has 0 spiro atoms. The van der Waals surface area contributed by atoms with Crippen LogP contribution in [-0.2, 0) is 0 Å². The maximum absolute atomic E-state index is 8.76. The molecular weight excluding hydrogens is 114 g/mol. The number of hydrogen-bond acceptors (Lipinski definition) is 2. The van der Waals surface area contributed by atoms with Crippen molar-refractivity contribution in [1.82, 2.24) is 5.32 Å². The van der Waals surface area contributed by atoms with Crippen molar-refractivity contribution in [3.05, 3.63) is 0 Å². The molecule has 0 aliphatic carbocycles. The third-order valence-electron chi connectivity index (χ3n) is 2.07. The van der Waals surface area contributed by atoms with Gasteiger partial charge in [0, 0.05) is 12.6 Å². The second-order valence-corrected chi connectivity index (χ2v) is 2.86. The molecule has 0 radical (unpaired) electrons. The Balaban J connectivity index is 2.24. The first-order valence-electron chi connectivity index (χ1n) is 3.69. The first-order chi connectivity index (χ1) is 4.34. The summed E-state index contributed by atoms with van der Waals surface area (Å²) >= 11 is 0. The van der Waals surface area contributed by atoms with Crippen LogP contribution in [0.4, 0.5) is 0 Å². The van der Waals surface area contributed by atoms with E-state index in [0.29, 0.717) is 18.6 Å². The molecule has 1 aliphatic heterocycles. The summed E-state index contributed by atoms with van der Waals surface area (Å²) < 4.78 is 0. The molecule has 9 heavy (non-hydrogen) atoms. The Kier molecular flexibility index (Phi) is 2.49. The van der Waals surface area contributed by atoms with Gasteiger partial charge in [-0.1, -0.05) is 6.92 Å². The van der Waals surface area contributed by atoms with E-state index in [1.165, 1.54) is 12.8 Å². The van der Waals surface area contributed by atoms with Crippen LogP contribution in [0.5, 0.6) is 0 Å². The molecule has 1 saturated heterocycles. The largest absolute Gasteiger partial charge is 0.396 e. The average Bonchev–Trinajstić information content (AvgIpc) is 2.37. The van der Waals surface area contributed by atoms with Crippen LogP contribution in [0.2, 0.25) is 0 Å². The van der Waals surface area contributed by atoms with Gasteiger partial charge in [0.2, 0.25) is 0 Å². The molecule has 0 aromatic carbocycles. The van der Waals surface area contributed by atoms with Crippen LogP contribution < -0.4 is 5.32 Å². The second-order valence-electron chi connectivity index (χ2n) is 2.86. The smallest absolute Gasteiger partial charge is 0.0471 e. The van der Waals surface area contributed by atoms with Crippen LogP contribution in [0.3, 0.4) is 0 Å². The monoisotopic (exact) mass is 129 g/mol. The Morgan fingerprint density at radius 1 is 1.78 bits per heavy atom. The summed E-state index contributed by atoms with van der Waals surface area (Å²) in [5.41, 5.74) is 0. The van der Waals surface area contributed by atoms with E-state index < -0.39 is 0 Å². The predicted octanol–water partition coefficient (Wildman–Crippen LogP) is 0.367. The topological polar surface area (TPSA) is 32.3 Å². The molecule has 2 heteroatoms. The molecule has 54 valence electrons. The maximum Gasteiger partial charge on any atom is 0.0471 e. The van der Waals surface area contributed by atoms with E-state index in [1.54, 1.807) is 0 Å². The molecule has 0 bridgehead atoms. The zero-order valence-electron chi connectivity index (χ0n) is 5.93. The van der Waals surface area contributed by atoms with Gasteiger partial charge in [-0.3, -0.25) is 0 Å². The first-order valence-corrected chi connectivity index (χ1v) is 3.69. The van der Waals surface area contributed by atoms with Gasteiger partial charge in [0.05, 0.1) is 0 Å². The van der Waals surface area contributed by atoms with Crippen LogP contribution >= 0.6 is 0 Å². The number of rotatable bonds is 2. The van der Waals surface area contributed by atoms with Crippen LogP contribution in [0.1, 0.15) is 19.8 Å². The van der Waals surface area contributed by atoms with E-state index in [2.05, 4.69) is 12.2 Å². The minimum absolute atomic E-state index is 0.317. The predicted molar refractivity (Wildman–Crippen MR) is 37.3 cm³/mol. The lowest BCUT2D eigenvalue weighted by Gasteiger charge is -2.15. The fourth-order valence-corrected chi connectivity index (χ4v) is 1.32. The fraction of sp³-hybridized carbons (Fsp3) is 1.00. The summed E-state index contributed by atoms with van der Waals surface area (Å²) in [5.74, 6) is 0.437. The lowest BCUT2D eigenvalue weighted by molar-refractivity contribution is 0.209. The Bertz CT molecular complexity index is 79.0. The van der Waals surface area contributed by atoms with Crippen LogP contribution in [0, 0.1) is 5.92 Å². The lowest BCUT2D eigenvalue weighted by Crippen LogP contribution is -2.30. The highest BCUT2D eigenvalue weighted by atomic mass is 16.3. The number of nitrogens with one attached hydrogen (secondary N) is 1. The van der Waals surface area contributed by atoms with E-state index in [9.17, 15) is 0 Å². The van der Waals surface area contributed by atoms with Crippen molar-refractivity contribution < 1.29 is 5.11 Å². The molecule has 1 unspecified atom stereocenters. The van der Waals surface area contributed by atoms with Gasteiger partial charge in [-0.15, -0.1) is 0 Å². The van der Waals surface area contributed by atoms with Gasteiger partial charge in [0.1, 0.15) is 0 Å². The zero-order valence-corrected chi connectivity index (χ0v) is 5.93. The summed E-state index contributed by atoms with van der Waals surface area (Å²) in [7, 11) is 0. The zero-order chi connectivity index (χ0) is 6.69. The van der Waals surface area contributed by atoms with E-state index >= 15 is 0 Å². The normalized spacial score (nSPS) is 30.7. The summed E-state index contributed by atoms with van der Waals surface area (Å²) in [4.78, 5) is 0. The SMILES string of the molecule is C[C@H](CO)C1CCCN1. The summed E-state index contributed by atoms with van der Waals surface area (Å²) in [6, 6.07) is 0.579. The Hall–Kier alpha value is -0.0800. The van der Waals surface area contributed by atoms with Crippen molar-refractivity contribution in [2.75, 3.05) is 13.2 Å². The fourth-order valence-electron chi connectivity index (χ4n) is 1.32. The Morgan fingerprint density at radius 3 is 3.00 bits per heavy atom. The van der Waals surface area contributed by atoms with Gasteiger partial charge in [-0.25, -0.2) is 0 Å². The van der Waals surface area contributed by atoms with E-state index in [0.717, 1.165) is 6.54 Å². The Morgan fingerprint density at radius 2 is 2.56 bits per heavy atom. The molecule has 0 saturated carbocycles. The van der Waals surface area contributed by atoms with E-state index in [1.807, 2.05) is 0 Å². The molecule has 2 nitrogen and oxygen atoms in total. The van der Waals surface area contributed by atoms with E-state index in [-0.39, 0.29) is 0 Å². The summed E-state index contributed by atoms with van der Waals surface area (Å²) in [6.07, 6.45) is 2.51. The molecule has 0 amide bonds. The van der Waals surface area contributed by atoms with Crippen LogP contribution in [0.25, 0.3) is 0 Å². The third-order valence-corrected chi connectivity index (χ3v) is 2.07. The molecule has 1 rings (SSSR count). The van der Waals surface area contributed by atoms with Crippen molar-refractivity contribution in [3.8, 4) is 0 Å². The lowest BCUT2D eigenvalue weighted by atomic mass is 10.0. The quantitative estimate of drug-likeness (QED) is 0.564. The highest BCUT2D eigenvalue weighted by molar-refractivity contribution is 4.78. The van der Waals surface area contributed by atoms with Gasteiger partial charge in [0.15, 0.2) is 0 Å². The molecule has 1 fully saturated rings. The van der Waals surface area contributed by atoms with Crippen molar-refractivity contribution >= 4 is 0 Å². The highest BCUT2D eigenvalue weighted by Gasteiger charge is 2.19.